The minimum Gasteiger partial charge on any atom is -0.494 e. The maximum atomic E-state index is 12.0. The molecule has 0 fully saturated rings. The quantitative estimate of drug-likeness (QED) is 0.617. The summed E-state index contributed by atoms with van der Waals surface area (Å²) >= 11 is 11.9. The van der Waals surface area contributed by atoms with Crippen molar-refractivity contribution in [3.8, 4) is 5.75 Å². The number of hydrazine groups is 1. The monoisotopic (exact) mass is 320 g/mol. The van der Waals surface area contributed by atoms with Gasteiger partial charge in [0.15, 0.2) is 5.75 Å². The van der Waals surface area contributed by atoms with Gasteiger partial charge in [0, 0.05) is 0 Å². The van der Waals surface area contributed by atoms with E-state index in [0.717, 1.165) is 0 Å². The maximum Gasteiger partial charge on any atom is 0.321 e. The van der Waals surface area contributed by atoms with Gasteiger partial charge in [-0.1, -0.05) is 23.2 Å². The first-order chi connectivity index (χ1) is 9.51. The number of benzene rings is 1. The van der Waals surface area contributed by atoms with Gasteiger partial charge in [-0.2, -0.15) is 0 Å². The van der Waals surface area contributed by atoms with Crippen LogP contribution >= 0.6 is 23.2 Å². The SMILES string of the molecule is CCOC(=O)CNNC(=O)c1c(Cl)ccc(Cl)c1OC. The highest BCUT2D eigenvalue weighted by Gasteiger charge is 2.19. The lowest BCUT2D eigenvalue weighted by Gasteiger charge is -2.12. The van der Waals surface area contributed by atoms with Gasteiger partial charge in [-0.15, -0.1) is 0 Å². The van der Waals surface area contributed by atoms with E-state index in [4.69, 9.17) is 32.7 Å². The molecule has 0 aliphatic carbocycles. The van der Waals surface area contributed by atoms with Crippen molar-refractivity contribution in [2.75, 3.05) is 20.3 Å². The summed E-state index contributed by atoms with van der Waals surface area (Å²) in [4.78, 5) is 23.1. The average Bonchev–Trinajstić information content (AvgIpc) is 2.41. The third-order valence-electron chi connectivity index (χ3n) is 2.23. The third-order valence-corrected chi connectivity index (χ3v) is 2.84. The topological polar surface area (TPSA) is 76.7 Å². The average molecular weight is 321 g/mol. The Kier molecular flexibility index (Phi) is 6.57. The van der Waals surface area contributed by atoms with E-state index in [1.165, 1.54) is 19.2 Å². The van der Waals surface area contributed by atoms with Crippen LogP contribution in [0.4, 0.5) is 0 Å². The summed E-state index contributed by atoms with van der Waals surface area (Å²) in [5.74, 6) is -0.898. The van der Waals surface area contributed by atoms with Gasteiger partial charge in [0.25, 0.3) is 5.91 Å². The summed E-state index contributed by atoms with van der Waals surface area (Å²) in [6.45, 7) is 1.79. The number of amides is 1. The molecule has 1 aromatic carbocycles. The van der Waals surface area contributed by atoms with Crippen molar-refractivity contribution in [3.05, 3.63) is 27.7 Å². The number of nitrogens with one attached hydrogen (secondary N) is 2. The van der Waals surface area contributed by atoms with Gasteiger partial charge in [0.05, 0.1) is 23.8 Å². The van der Waals surface area contributed by atoms with Crippen LogP contribution in [0.1, 0.15) is 17.3 Å². The standard InChI is InChI=1S/C12H14Cl2N2O4/c1-3-20-9(17)6-15-16-12(18)10-7(13)4-5-8(14)11(10)19-2/h4-5,15H,3,6H2,1-2H3,(H,16,18). The van der Waals surface area contributed by atoms with E-state index in [1.807, 2.05) is 0 Å². The number of esters is 1. The Morgan fingerprint density at radius 1 is 1.25 bits per heavy atom. The van der Waals surface area contributed by atoms with Crippen LogP contribution in [0.25, 0.3) is 0 Å². The lowest BCUT2D eigenvalue weighted by Crippen LogP contribution is -2.41. The van der Waals surface area contributed by atoms with Crippen LogP contribution in [0.2, 0.25) is 10.0 Å². The van der Waals surface area contributed by atoms with Gasteiger partial charge in [-0.25, -0.2) is 5.43 Å². The first kappa shape index (κ1) is 16.6. The molecule has 0 radical (unpaired) electrons. The number of ether oxygens (including phenoxy) is 2. The van der Waals surface area contributed by atoms with Crippen LogP contribution < -0.4 is 15.6 Å². The summed E-state index contributed by atoms with van der Waals surface area (Å²) in [6.07, 6.45) is 0. The summed E-state index contributed by atoms with van der Waals surface area (Å²) in [5.41, 5.74) is 4.83. The Labute approximate surface area is 126 Å². The molecule has 0 saturated carbocycles. The fourth-order valence-corrected chi connectivity index (χ4v) is 1.88. The second-order valence-electron chi connectivity index (χ2n) is 3.55. The largest absolute Gasteiger partial charge is 0.494 e. The number of hydrogen-bond acceptors (Lipinski definition) is 5. The molecule has 2 N–H and O–H groups in total. The van der Waals surface area contributed by atoms with Gasteiger partial charge < -0.3 is 9.47 Å². The first-order valence-electron chi connectivity index (χ1n) is 5.72. The number of rotatable bonds is 6. The molecule has 110 valence electrons. The Hall–Kier alpha value is -1.50. The van der Waals surface area contributed by atoms with E-state index >= 15 is 0 Å². The van der Waals surface area contributed by atoms with Crippen molar-refractivity contribution in [2.24, 2.45) is 0 Å². The van der Waals surface area contributed by atoms with E-state index in [9.17, 15) is 9.59 Å². The summed E-state index contributed by atoms with van der Waals surface area (Å²) in [6, 6.07) is 3.00. The van der Waals surface area contributed by atoms with Crippen LogP contribution in [-0.2, 0) is 9.53 Å². The highest BCUT2D eigenvalue weighted by atomic mass is 35.5. The molecule has 0 aromatic heterocycles. The fraction of sp³-hybridized carbons (Fsp3) is 0.333. The van der Waals surface area contributed by atoms with Crippen molar-refractivity contribution in [1.29, 1.82) is 0 Å². The van der Waals surface area contributed by atoms with Crippen LogP contribution in [0.15, 0.2) is 12.1 Å². The van der Waals surface area contributed by atoms with Crippen LogP contribution in [0, 0.1) is 0 Å². The van der Waals surface area contributed by atoms with Crippen LogP contribution in [0.5, 0.6) is 5.75 Å². The molecule has 0 atom stereocenters. The summed E-state index contributed by atoms with van der Waals surface area (Å²) in [5, 5.41) is 0.439. The van der Waals surface area contributed by atoms with Crippen molar-refractivity contribution in [3.63, 3.8) is 0 Å². The minimum atomic E-state index is -0.571. The highest BCUT2D eigenvalue weighted by molar-refractivity contribution is 6.37. The lowest BCUT2D eigenvalue weighted by molar-refractivity contribution is -0.142. The van der Waals surface area contributed by atoms with Gasteiger partial charge >= 0.3 is 5.97 Å². The van der Waals surface area contributed by atoms with E-state index in [2.05, 4.69) is 10.9 Å². The highest BCUT2D eigenvalue weighted by Crippen LogP contribution is 2.33. The Morgan fingerprint density at radius 2 is 1.90 bits per heavy atom. The first-order valence-corrected chi connectivity index (χ1v) is 6.47. The molecule has 0 spiro atoms. The number of hydrogen-bond donors (Lipinski definition) is 2. The van der Waals surface area contributed by atoms with Crippen molar-refractivity contribution >= 4 is 35.1 Å². The zero-order valence-corrected chi connectivity index (χ0v) is 12.5. The molecule has 6 nitrogen and oxygen atoms in total. The van der Waals surface area contributed by atoms with Crippen molar-refractivity contribution < 1.29 is 19.1 Å². The molecule has 20 heavy (non-hydrogen) atoms. The number of halogens is 2. The van der Waals surface area contributed by atoms with E-state index in [-0.39, 0.29) is 34.5 Å². The number of carbonyl (C=O) groups excluding carboxylic acids is 2. The molecule has 0 aliphatic rings. The minimum absolute atomic E-state index is 0.0815. The lowest BCUT2D eigenvalue weighted by atomic mass is 10.2. The Bertz CT molecular complexity index is 508. The van der Waals surface area contributed by atoms with E-state index in [0.29, 0.717) is 0 Å². The van der Waals surface area contributed by atoms with Crippen LogP contribution in [-0.4, -0.2) is 32.1 Å². The normalized spacial score (nSPS) is 10.0. The van der Waals surface area contributed by atoms with Crippen LogP contribution in [0.3, 0.4) is 0 Å². The number of methoxy groups -OCH3 is 1. The molecule has 0 saturated heterocycles. The molecule has 0 heterocycles. The molecular weight excluding hydrogens is 307 g/mol. The smallest absolute Gasteiger partial charge is 0.321 e. The Morgan fingerprint density at radius 3 is 2.50 bits per heavy atom. The predicted molar refractivity (Wildman–Crippen MR) is 75.1 cm³/mol. The van der Waals surface area contributed by atoms with Gasteiger partial charge in [-0.05, 0) is 19.1 Å². The maximum absolute atomic E-state index is 12.0. The molecule has 8 heteroatoms. The zero-order chi connectivity index (χ0) is 15.1. The predicted octanol–water partition coefficient (Wildman–Crippen LogP) is 1.80. The van der Waals surface area contributed by atoms with Crippen molar-refractivity contribution in [1.82, 2.24) is 10.9 Å². The van der Waals surface area contributed by atoms with Gasteiger partial charge in [-0.3, -0.25) is 15.0 Å². The zero-order valence-electron chi connectivity index (χ0n) is 11.0. The number of carbonyl (C=O) groups is 2. The second kappa shape index (κ2) is 7.94. The molecular formula is C12H14Cl2N2O4. The van der Waals surface area contributed by atoms with Gasteiger partial charge in [0.1, 0.15) is 12.1 Å². The molecule has 0 bridgehead atoms. The molecule has 0 aliphatic heterocycles. The second-order valence-corrected chi connectivity index (χ2v) is 4.36. The summed E-state index contributed by atoms with van der Waals surface area (Å²) < 4.78 is 9.74. The van der Waals surface area contributed by atoms with E-state index in [1.54, 1.807) is 6.92 Å². The molecule has 1 amide bonds. The Balaban J connectivity index is 2.73. The molecule has 0 unspecified atom stereocenters. The van der Waals surface area contributed by atoms with Crippen molar-refractivity contribution in [2.45, 2.75) is 6.92 Å². The molecule has 1 aromatic rings. The van der Waals surface area contributed by atoms with Gasteiger partial charge in [0.2, 0.25) is 0 Å². The third kappa shape index (κ3) is 4.26. The fourth-order valence-electron chi connectivity index (χ4n) is 1.42. The molecule has 1 rings (SSSR count). The van der Waals surface area contributed by atoms with E-state index < -0.39 is 11.9 Å². The summed E-state index contributed by atoms with van der Waals surface area (Å²) in [7, 11) is 1.38.